The van der Waals surface area contributed by atoms with Crippen LogP contribution in [0.25, 0.3) is 0 Å². The zero-order valence-electron chi connectivity index (χ0n) is 13.4. The second-order valence-electron chi connectivity index (χ2n) is 7.18. The third-order valence-corrected chi connectivity index (χ3v) is 4.77. The molecule has 1 aromatic rings. The number of carbonyl (C=O) groups excluding carboxylic acids is 1. The molecule has 0 radical (unpaired) electrons. The van der Waals surface area contributed by atoms with Gasteiger partial charge in [-0.05, 0) is 49.7 Å². The number of ether oxygens (including phenoxy) is 1. The Balaban J connectivity index is 1.99. The largest absolute Gasteiger partial charge is 0.367 e. The summed E-state index contributed by atoms with van der Waals surface area (Å²) >= 11 is 3.39. The molecule has 3 unspecified atom stereocenters. The van der Waals surface area contributed by atoms with Crippen molar-refractivity contribution in [1.82, 2.24) is 0 Å². The normalized spacial score (nSPS) is 26.3. The molecule has 0 spiro atoms. The topological polar surface area (TPSA) is 26.3 Å². The predicted molar refractivity (Wildman–Crippen MR) is 89.6 cm³/mol. The highest BCUT2D eigenvalue weighted by Gasteiger charge is 2.34. The molecule has 116 valence electrons. The molecule has 1 aliphatic carbocycles. The maximum Gasteiger partial charge on any atom is 0.191 e. The Morgan fingerprint density at radius 3 is 2.48 bits per heavy atom. The van der Waals surface area contributed by atoms with Crippen LogP contribution < -0.4 is 0 Å². The van der Waals surface area contributed by atoms with Gasteiger partial charge in [-0.25, -0.2) is 0 Å². The van der Waals surface area contributed by atoms with Crippen LogP contribution in [0.2, 0.25) is 0 Å². The van der Waals surface area contributed by atoms with Gasteiger partial charge in [-0.2, -0.15) is 0 Å². The number of halogens is 1. The lowest BCUT2D eigenvalue weighted by Crippen LogP contribution is -2.36. The number of ketones is 1. The van der Waals surface area contributed by atoms with E-state index in [1.807, 2.05) is 31.2 Å². The van der Waals surface area contributed by atoms with E-state index < -0.39 is 0 Å². The van der Waals surface area contributed by atoms with E-state index in [-0.39, 0.29) is 18.0 Å². The molecule has 21 heavy (non-hydrogen) atoms. The number of hydrogen-bond acceptors (Lipinski definition) is 2. The summed E-state index contributed by atoms with van der Waals surface area (Å²) in [6.07, 6.45) is 3.15. The van der Waals surface area contributed by atoms with Gasteiger partial charge >= 0.3 is 0 Å². The van der Waals surface area contributed by atoms with E-state index in [1.54, 1.807) is 0 Å². The Hall–Kier alpha value is -0.670. The van der Waals surface area contributed by atoms with Crippen LogP contribution in [0.1, 0.15) is 57.3 Å². The predicted octanol–water partition coefficient (Wildman–Crippen LogP) is 5.25. The van der Waals surface area contributed by atoms with Crippen molar-refractivity contribution in [2.45, 2.75) is 59.2 Å². The maximum absolute atomic E-state index is 12.4. The summed E-state index contributed by atoms with van der Waals surface area (Å²) in [4.78, 5) is 12.4. The van der Waals surface area contributed by atoms with E-state index in [2.05, 4.69) is 36.7 Å². The zero-order chi connectivity index (χ0) is 15.6. The molecule has 0 aromatic heterocycles. The van der Waals surface area contributed by atoms with Crippen LogP contribution >= 0.6 is 15.9 Å². The smallest absolute Gasteiger partial charge is 0.191 e. The van der Waals surface area contributed by atoms with E-state index in [9.17, 15) is 4.79 Å². The van der Waals surface area contributed by atoms with Crippen molar-refractivity contribution >= 4 is 21.7 Å². The highest BCUT2D eigenvalue weighted by Crippen LogP contribution is 2.40. The molecule has 1 fully saturated rings. The first-order valence-electron chi connectivity index (χ1n) is 7.72. The molecule has 0 N–H and O–H groups in total. The Kier molecular flexibility index (Phi) is 5.26. The van der Waals surface area contributed by atoms with Gasteiger partial charge in [0.1, 0.15) is 6.10 Å². The Labute approximate surface area is 136 Å². The van der Waals surface area contributed by atoms with Crippen LogP contribution in [0, 0.1) is 11.3 Å². The molecule has 2 rings (SSSR count). The summed E-state index contributed by atoms with van der Waals surface area (Å²) in [5.41, 5.74) is 1.02. The third-order valence-electron chi connectivity index (χ3n) is 4.24. The average Bonchev–Trinajstić information content (AvgIpc) is 2.36. The van der Waals surface area contributed by atoms with E-state index in [4.69, 9.17) is 4.74 Å². The lowest BCUT2D eigenvalue weighted by atomic mass is 9.71. The number of carbonyl (C=O) groups is 1. The van der Waals surface area contributed by atoms with Gasteiger partial charge in [0, 0.05) is 10.0 Å². The fraction of sp³-hybridized carbons (Fsp3) is 0.611. The van der Waals surface area contributed by atoms with E-state index in [1.165, 1.54) is 6.42 Å². The molecular weight excluding hydrogens is 328 g/mol. The molecule has 1 aliphatic rings. The van der Waals surface area contributed by atoms with Crippen LogP contribution in [0.15, 0.2) is 28.7 Å². The quantitative estimate of drug-likeness (QED) is 0.691. The van der Waals surface area contributed by atoms with E-state index >= 15 is 0 Å². The van der Waals surface area contributed by atoms with Gasteiger partial charge < -0.3 is 4.74 Å². The van der Waals surface area contributed by atoms with Gasteiger partial charge in [-0.15, -0.1) is 0 Å². The van der Waals surface area contributed by atoms with Crippen LogP contribution in [0.4, 0.5) is 0 Å². The second kappa shape index (κ2) is 6.62. The molecule has 1 saturated carbocycles. The van der Waals surface area contributed by atoms with Gasteiger partial charge in [-0.1, -0.05) is 48.8 Å². The van der Waals surface area contributed by atoms with Gasteiger partial charge in [0.25, 0.3) is 0 Å². The lowest BCUT2D eigenvalue weighted by Gasteiger charge is -2.39. The summed E-state index contributed by atoms with van der Waals surface area (Å²) in [6.45, 7) is 8.73. The minimum Gasteiger partial charge on any atom is -0.367 e. The molecule has 0 bridgehead atoms. The van der Waals surface area contributed by atoms with Crippen molar-refractivity contribution in [3.8, 4) is 0 Å². The molecule has 3 heteroatoms. The Morgan fingerprint density at radius 1 is 1.29 bits per heavy atom. The Bertz CT molecular complexity index is 492. The molecule has 0 saturated heterocycles. The number of rotatable bonds is 4. The molecule has 1 aromatic carbocycles. The third kappa shape index (κ3) is 4.65. The molecule has 0 aliphatic heterocycles. The molecule has 0 amide bonds. The minimum absolute atomic E-state index is 0.0681. The highest BCUT2D eigenvalue weighted by atomic mass is 79.9. The highest BCUT2D eigenvalue weighted by molar-refractivity contribution is 9.10. The van der Waals surface area contributed by atoms with Gasteiger partial charge in [0.2, 0.25) is 0 Å². The lowest BCUT2D eigenvalue weighted by molar-refractivity contribution is -0.0478. The van der Waals surface area contributed by atoms with Crippen molar-refractivity contribution in [3.05, 3.63) is 34.3 Å². The molecule has 2 nitrogen and oxygen atoms in total. The van der Waals surface area contributed by atoms with Crippen LogP contribution in [-0.4, -0.2) is 18.0 Å². The fourth-order valence-corrected chi connectivity index (χ4v) is 3.83. The zero-order valence-corrected chi connectivity index (χ0v) is 14.9. The van der Waals surface area contributed by atoms with Crippen LogP contribution in [0.5, 0.6) is 0 Å². The Morgan fingerprint density at radius 2 is 1.90 bits per heavy atom. The first-order valence-corrected chi connectivity index (χ1v) is 8.51. The number of hydrogen-bond donors (Lipinski definition) is 0. The monoisotopic (exact) mass is 352 g/mol. The van der Waals surface area contributed by atoms with E-state index in [0.717, 1.165) is 17.3 Å². The number of benzene rings is 1. The molecular formula is C18H25BrO2. The van der Waals surface area contributed by atoms with Crippen molar-refractivity contribution in [3.63, 3.8) is 0 Å². The summed E-state index contributed by atoms with van der Waals surface area (Å²) in [5, 5.41) is 0. The minimum atomic E-state index is -0.378. The van der Waals surface area contributed by atoms with Crippen molar-refractivity contribution in [1.29, 1.82) is 0 Å². The van der Waals surface area contributed by atoms with Crippen LogP contribution in [0.3, 0.4) is 0 Å². The summed E-state index contributed by atoms with van der Waals surface area (Å²) < 4.78 is 7.06. The SMILES string of the molecule is CC1CC(OC(C)C(=O)c2ccc(Br)cc2)CC(C)(C)C1. The molecule has 0 heterocycles. The standard InChI is InChI=1S/C18H25BrO2/c1-12-9-16(11-18(3,4)10-12)21-13(2)17(20)14-5-7-15(19)8-6-14/h5-8,12-13,16H,9-11H2,1-4H3. The summed E-state index contributed by atoms with van der Waals surface area (Å²) in [5.74, 6) is 0.729. The first-order chi connectivity index (χ1) is 9.77. The summed E-state index contributed by atoms with van der Waals surface area (Å²) in [7, 11) is 0. The van der Waals surface area contributed by atoms with Gasteiger partial charge in [0.05, 0.1) is 6.10 Å². The molecule has 3 atom stereocenters. The van der Waals surface area contributed by atoms with Crippen LogP contribution in [-0.2, 0) is 4.74 Å². The first kappa shape index (κ1) is 16.7. The fourth-order valence-electron chi connectivity index (χ4n) is 3.56. The van der Waals surface area contributed by atoms with E-state index in [0.29, 0.717) is 16.9 Å². The summed E-state index contributed by atoms with van der Waals surface area (Å²) in [6, 6.07) is 7.48. The van der Waals surface area contributed by atoms with Gasteiger partial charge in [-0.3, -0.25) is 4.79 Å². The van der Waals surface area contributed by atoms with Crippen molar-refractivity contribution in [2.24, 2.45) is 11.3 Å². The van der Waals surface area contributed by atoms with Gasteiger partial charge in [0.15, 0.2) is 5.78 Å². The average molecular weight is 353 g/mol. The maximum atomic E-state index is 12.4. The van der Waals surface area contributed by atoms with Crippen molar-refractivity contribution in [2.75, 3.05) is 0 Å². The number of Topliss-reactive ketones (excluding diaryl/α,β-unsaturated/α-hetero) is 1. The second-order valence-corrected chi connectivity index (χ2v) is 8.10. The van der Waals surface area contributed by atoms with Crippen molar-refractivity contribution < 1.29 is 9.53 Å².